The van der Waals surface area contributed by atoms with Crippen LogP contribution in [0, 0.1) is 11.7 Å². The fraction of sp³-hybridized carbons (Fsp3) is 0.483. The van der Waals surface area contributed by atoms with Gasteiger partial charge < -0.3 is 29.2 Å². The van der Waals surface area contributed by atoms with Crippen LogP contribution < -0.4 is 15.1 Å². The molecule has 1 aromatic heterocycles. The van der Waals surface area contributed by atoms with Gasteiger partial charge in [0.05, 0.1) is 34.6 Å². The lowest BCUT2D eigenvalue weighted by molar-refractivity contribution is -0.157. The van der Waals surface area contributed by atoms with Gasteiger partial charge in [-0.1, -0.05) is 25.4 Å². The smallest absolute Gasteiger partial charge is 0.414 e. The maximum absolute atomic E-state index is 15.3. The molecule has 2 aromatic rings. The molecule has 2 saturated heterocycles. The summed E-state index contributed by atoms with van der Waals surface area (Å²) >= 11 is 7.07. The second-order valence-corrected chi connectivity index (χ2v) is 12.4. The van der Waals surface area contributed by atoms with E-state index in [1.54, 1.807) is 13.8 Å². The number of rotatable bonds is 14. The molecule has 2 aliphatic heterocycles. The predicted octanol–water partition coefficient (Wildman–Crippen LogP) is 3.77. The molecule has 2 fully saturated rings. The van der Waals surface area contributed by atoms with Crippen molar-refractivity contribution < 1.29 is 42.9 Å². The molecule has 4 rings (SSSR count). The average Bonchev–Trinajstić information content (AvgIpc) is 3.58. The largest absolute Gasteiger partial charge is 0.478 e. The molecule has 0 bridgehead atoms. The van der Waals surface area contributed by atoms with Crippen molar-refractivity contribution in [3.05, 3.63) is 45.4 Å². The van der Waals surface area contributed by atoms with Crippen molar-refractivity contribution in [3.8, 4) is 0 Å². The van der Waals surface area contributed by atoms with E-state index >= 15 is 4.39 Å². The van der Waals surface area contributed by atoms with E-state index in [4.69, 9.17) is 21.1 Å². The number of ether oxygens (including phenoxy) is 2. The number of nitrogens with zero attached hydrogens (tertiary/aromatic N) is 3. The van der Waals surface area contributed by atoms with Crippen LogP contribution in [-0.2, 0) is 23.9 Å². The van der Waals surface area contributed by atoms with Gasteiger partial charge in [-0.05, 0) is 49.7 Å². The lowest BCUT2D eigenvalue weighted by atomic mass is 9.92. The predicted molar refractivity (Wildman–Crippen MR) is 161 cm³/mol. The Balaban J connectivity index is 1.61. The number of carboxylic acid groups (broad SMARTS) is 1. The molecule has 238 valence electrons. The number of aliphatic carboxylic acids is 1. The van der Waals surface area contributed by atoms with Crippen LogP contribution >= 0.6 is 22.9 Å². The number of carboxylic acids is 1. The fourth-order valence-corrected chi connectivity index (χ4v) is 6.31. The molecule has 0 spiro atoms. The first-order valence-corrected chi connectivity index (χ1v) is 15.3. The van der Waals surface area contributed by atoms with Crippen LogP contribution in [0.5, 0.6) is 0 Å². The molecule has 3 amide bonds. The summed E-state index contributed by atoms with van der Waals surface area (Å²) in [5.74, 6) is -3.70. The van der Waals surface area contributed by atoms with Crippen LogP contribution in [0.1, 0.15) is 42.8 Å². The molecule has 3 heterocycles. The highest BCUT2D eigenvalue weighted by Gasteiger charge is 2.51. The Morgan fingerprint density at radius 2 is 2.02 bits per heavy atom. The quantitative estimate of drug-likeness (QED) is 0.177. The number of amides is 3. The Morgan fingerprint density at radius 1 is 1.25 bits per heavy atom. The number of hydrogen-bond donors (Lipinski definition) is 2. The lowest BCUT2D eigenvalue weighted by Gasteiger charge is -2.44. The first kappa shape index (κ1) is 33.3. The zero-order valence-corrected chi connectivity index (χ0v) is 25.9. The highest BCUT2D eigenvalue weighted by molar-refractivity contribution is 7.18. The molecule has 2 N–H and O–H groups in total. The number of morpholine rings is 1. The number of carbonyl (C=O) groups is 5. The Bertz CT molecular complexity index is 1410. The third-order valence-electron chi connectivity index (χ3n) is 7.54. The van der Waals surface area contributed by atoms with Gasteiger partial charge in [-0.15, -0.1) is 11.3 Å². The van der Waals surface area contributed by atoms with Crippen molar-refractivity contribution in [1.82, 2.24) is 10.2 Å². The number of benzene rings is 1. The number of cyclic esters (lactones) is 1. The Hall–Kier alpha value is -3.59. The molecular weight excluding hydrogens is 619 g/mol. The Kier molecular flexibility index (Phi) is 10.9. The van der Waals surface area contributed by atoms with Crippen molar-refractivity contribution in [3.63, 3.8) is 0 Å². The van der Waals surface area contributed by atoms with Crippen LogP contribution in [0.4, 0.5) is 20.6 Å². The summed E-state index contributed by atoms with van der Waals surface area (Å²) in [5, 5.41) is 13.6. The van der Waals surface area contributed by atoms with E-state index in [0.717, 1.165) is 33.5 Å². The second kappa shape index (κ2) is 14.5. The molecule has 1 aromatic carbocycles. The zero-order chi connectivity index (χ0) is 32.0. The third kappa shape index (κ3) is 7.04. The van der Waals surface area contributed by atoms with Crippen LogP contribution in [-0.4, -0.2) is 91.3 Å². The van der Waals surface area contributed by atoms with Crippen LogP contribution in [0.25, 0.3) is 0 Å². The van der Waals surface area contributed by atoms with Gasteiger partial charge in [0.15, 0.2) is 5.66 Å². The summed E-state index contributed by atoms with van der Waals surface area (Å²) in [4.78, 5) is 66.6. The van der Waals surface area contributed by atoms with Crippen molar-refractivity contribution in [1.29, 1.82) is 0 Å². The number of hydrogen-bond acceptors (Lipinski definition) is 9. The maximum atomic E-state index is 15.3. The summed E-state index contributed by atoms with van der Waals surface area (Å²) < 4.78 is 26.3. The van der Waals surface area contributed by atoms with Crippen molar-refractivity contribution in [2.45, 2.75) is 44.9 Å². The van der Waals surface area contributed by atoms with Gasteiger partial charge in [-0.25, -0.2) is 14.0 Å². The van der Waals surface area contributed by atoms with Crippen molar-refractivity contribution in [2.24, 2.45) is 5.92 Å². The molecule has 2 atom stereocenters. The minimum Gasteiger partial charge on any atom is -0.478 e. The Labute approximate surface area is 262 Å². The fourth-order valence-electron chi connectivity index (χ4n) is 5.32. The highest BCUT2D eigenvalue weighted by Crippen LogP contribution is 2.33. The standard InChI is InChI=1S/C29H34ClFN4O8S/c1-18(2)29(27(39)40,32-10-4-3-5-12-36)35(26(38)23-8-9-24(30)44-23)16-20-15-34(28(41)43-20)22-7-6-19(14-21(22)31)33-11-13-42-17-25(33)37/h6-9,12,14,18,20,32H,3-5,10-11,13,15-17H2,1-2H3,(H,39,40)/t20-,29-/m1/s1. The number of halogens is 2. The van der Waals surface area contributed by atoms with Gasteiger partial charge in [-0.2, -0.15) is 0 Å². The normalized spacial score (nSPS) is 18.3. The summed E-state index contributed by atoms with van der Waals surface area (Å²) in [6.45, 7) is 3.44. The van der Waals surface area contributed by atoms with Crippen LogP contribution in [0.2, 0.25) is 4.34 Å². The summed E-state index contributed by atoms with van der Waals surface area (Å²) in [6, 6.07) is 7.04. The van der Waals surface area contributed by atoms with Gasteiger partial charge in [0.2, 0.25) is 0 Å². The maximum Gasteiger partial charge on any atom is 0.414 e. The monoisotopic (exact) mass is 652 g/mol. The Morgan fingerprint density at radius 3 is 2.64 bits per heavy atom. The first-order chi connectivity index (χ1) is 21.0. The van der Waals surface area contributed by atoms with Crippen molar-refractivity contribution >= 4 is 64.5 Å². The number of unbranched alkanes of at least 4 members (excludes halogenated alkanes) is 2. The molecule has 0 saturated carbocycles. The van der Waals surface area contributed by atoms with Gasteiger partial charge >= 0.3 is 12.1 Å². The van der Waals surface area contributed by atoms with Crippen LogP contribution in [0.3, 0.4) is 0 Å². The molecule has 12 nitrogen and oxygen atoms in total. The third-order valence-corrected chi connectivity index (χ3v) is 8.76. The van der Waals surface area contributed by atoms with E-state index < -0.39 is 41.5 Å². The summed E-state index contributed by atoms with van der Waals surface area (Å²) in [7, 11) is 0. The molecule has 2 aliphatic rings. The minimum absolute atomic E-state index is 0.0912. The summed E-state index contributed by atoms with van der Waals surface area (Å²) in [5.41, 5.74) is -1.70. The number of nitrogens with one attached hydrogen (secondary N) is 1. The number of anilines is 2. The van der Waals surface area contributed by atoms with E-state index in [-0.39, 0.29) is 49.3 Å². The lowest BCUT2D eigenvalue weighted by Crippen LogP contribution is -2.70. The van der Waals surface area contributed by atoms with E-state index in [9.17, 15) is 29.1 Å². The SMILES string of the molecule is CC(C)[C@](NCCCCC=O)(C(=O)O)N(C[C@H]1CN(c2ccc(N3CCOCC3=O)cc2F)C(=O)O1)C(=O)c1ccc(Cl)s1. The minimum atomic E-state index is -1.92. The van der Waals surface area contributed by atoms with Gasteiger partial charge in [0, 0.05) is 24.6 Å². The molecular formula is C29H34ClFN4O8S. The molecule has 44 heavy (non-hydrogen) atoms. The molecule has 0 aliphatic carbocycles. The number of aldehydes is 1. The van der Waals surface area contributed by atoms with E-state index in [0.29, 0.717) is 35.9 Å². The highest BCUT2D eigenvalue weighted by atomic mass is 35.5. The average molecular weight is 653 g/mol. The zero-order valence-electron chi connectivity index (χ0n) is 24.3. The van der Waals surface area contributed by atoms with Gasteiger partial charge in [0.25, 0.3) is 11.8 Å². The number of carbonyl (C=O) groups excluding carboxylic acids is 4. The van der Waals surface area contributed by atoms with Crippen molar-refractivity contribution in [2.75, 3.05) is 49.2 Å². The molecule has 0 radical (unpaired) electrons. The topological polar surface area (TPSA) is 146 Å². The second-order valence-electron chi connectivity index (χ2n) is 10.7. The first-order valence-electron chi connectivity index (χ1n) is 14.1. The van der Waals surface area contributed by atoms with Crippen LogP contribution in [0.15, 0.2) is 30.3 Å². The number of thiophene rings is 1. The molecule has 15 heteroatoms. The van der Waals surface area contributed by atoms with E-state index in [1.165, 1.54) is 29.2 Å². The van der Waals surface area contributed by atoms with Gasteiger partial charge in [0.1, 0.15) is 24.8 Å². The van der Waals surface area contributed by atoms with Gasteiger partial charge in [-0.3, -0.25) is 19.8 Å². The van der Waals surface area contributed by atoms with E-state index in [2.05, 4.69) is 5.32 Å². The molecule has 0 unspecified atom stereocenters. The summed E-state index contributed by atoms with van der Waals surface area (Å²) in [6.07, 6.45) is 0.206. The van der Waals surface area contributed by atoms with E-state index in [1.807, 2.05) is 0 Å².